The first kappa shape index (κ1) is 18.1. The number of halogens is 1. The van der Waals surface area contributed by atoms with Gasteiger partial charge in [-0.3, -0.25) is 0 Å². The minimum Gasteiger partial charge on any atom is -0.449 e. The molecule has 1 aliphatic rings. The normalized spacial score (nSPS) is 14.6. The SMILES string of the molecule is CC(C)COC(=O)N1CCN(c2ccnc(-c3ccccc3F)n2)CC1. The van der Waals surface area contributed by atoms with Crippen LogP contribution in [0.25, 0.3) is 11.4 Å². The fourth-order valence-corrected chi connectivity index (χ4v) is 2.74. The number of hydrogen-bond acceptors (Lipinski definition) is 5. The van der Waals surface area contributed by atoms with Crippen LogP contribution in [-0.2, 0) is 4.74 Å². The van der Waals surface area contributed by atoms with Crippen LogP contribution in [0.1, 0.15) is 13.8 Å². The largest absolute Gasteiger partial charge is 0.449 e. The molecule has 0 N–H and O–H groups in total. The molecule has 1 amide bonds. The van der Waals surface area contributed by atoms with E-state index in [-0.39, 0.29) is 11.9 Å². The number of anilines is 1. The van der Waals surface area contributed by atoms with Gasteiger partial charge in [-0.05, 0) is 24.1 Å². The Kier molecular flexibility index (Phi) is 5.65. The Bertz CT molecular complexity index is 761. The summed E-state index contributed by atoms with van der Waals surface area (Å²) in [5, 5.41) is 0. The van der Waals surface area contributed by atoms with Gasteiger partial charge in [0.1, 0.15) is 11.6 Å². The highest BCUT2D eigenvalue weighted by atomic mass is 19.1. The Labute approximate surface area is 152 Å². The van der Waals surface area contributed by atoms with Crippen molar-refractivity contribution in [3.8, 4) is 11.4 Å². The van der Waals surface area contributed by atoms with Crippen molar-refractivity contribution in [1.82, 2.24) is 14.9 Å². The lowest BCUT2D eigenvalue weighted by Crippen LogP contribution is -2.49. The number of nitrogens with zero attached hydrogens (tertiary/aromatic N) is 4. The Hall–Kier alpha value is -2.70. The summed E-state index contributed by atoms with van der Waals surface area (Å²) in [5.74, 6) is 1.06. The number of carbonyl (C=O) groups excluding carboxylic acids is 1. The van der Waals surface area contributed by atoms with E-state index in [1.807, 2.05) is 13.8 Å². The molecule has 1 saturated heterocycles. The van der Waals surface area contributed by atoms with Crippen LogP contribution in [0.3, 0.4) is 0 Å². The second-order valence-electron chi connectivity index (χ2n) is 6.66. The molecule has 2 heterocycles. The van der Waals surface area contributed by atoms with E-state index in [1.54, 1.807) is 35.4 Å². The molecular formula is C19H23FN4O2. The molecule has 0 bridgehead atoms. The van der Waals surface area contributed by atoms with Crippen LogP contribution in [-0.4, -0.2) is 53.7 Å². The summed E-state index contributed by atoms with van der Waals surface area (Å²) in [6, 6.07) is 8.26. The quantitative estimate of drug-likeness (QED) is 0.840. The van der Waals surface area contributed by atoms with Crippen LogP contribution in [0.5, 0.6) is 0 Å². The van der Waals surface area contributed by atoms with Gasteiger partial charge in [0.25, 0.3) is 0 Å². The molecule has 1 fully saturated rings. The summed E-state index contributed by atoms with van der Waals surface area (Å²) in [6.45, 7) is 6.86. The highest BCUT2D eigenvalue weighted by Gasteiger charge is 2.23. The highest BCUT2D eigenvalue weighted by molar-refractivity contribution is 5.68. The van der Waals surface area contributed by atoms with Gasteiger partial charge < -0.3 is 14.5 Å². The third-order valence-electron chi connectivity index (χ3n) is 4.16. The van der Waals surface area contributed by atoms with E-state index in [0.29, 0.717) is 50.1 Å². The number of piperazine rings is 1. The van der Waals surface area contributed by atoms with Gasteiger partial charge in [0, 0.05) is 32.4 Å². The van der Waals surface area contributed by atoms with Crippen molar-refractivity contribution in [1.29, 1.82) is 0 Å². The number of benzene rings is 1. The van der Waals surface area contributed by atoms with E-state index in [0.717, 1.165) is 5.82 Å². The first-order chi connectivity index (χ1) is 12.5. The predicted octanol–water partition coefficient (Wildman–Crippen LogP) is 3.20. The molecule has 2 aromatic rings. The van der Waals surface area contributed by atoms with Crippen LogP contribution in [0.4, 0.5) is 15.0 Å². The number of aromatic nitrogens is 2. The van der Waals surface area contributed by atoms with E-state index in [1.165, 1.54) is 6.07 Å². The van der Waals surface area contributed by atoms with Gasteiger partial charge in [0.2, 0.25) is 0 Å². The molecule has 138 valence electrons. The third kappa shape index (κ3) is 4.28. The molecule has 0 atom stereocenters. The van der Waals surface area contributed by atoms with Gasteiger partial charge in [0.05, 0.1) is 12.2 Å². The molecule has 0 aliphatic carbocycles. The molecule has 6 nitrogen and oxygen atoms in total. The molecule has 1 aliphatic heterocycles. The van der Waals surface area contributed by atoms with Gasteiger partial charge in [-0.25, -0.2) is 19.2 Å². The molecule has 26 heavy (non-hydrogen) atoms. The van der Waals surface area contributed by atoms with E-state index >= 15 is 0 Å². The van der Waals surface area contributed by atoms with E-state index in [4.69, 9.17) is 4.74 Å². The Balaban J connectivity index is 1.64. The number of amides is 1. The molecule has 1 aromatic carbocycles. The minimum absolute atomic E-state index is 0.270. The third-order valence-corrected chi connectivity index (χ3v) is 4.16. The molecule has 0 spiro atoms. The van der Waals surface area contributed by atoms with E-state index in [9.17, 15) is 9.18 Å². The Morgan fingerprint density at radius 1 is 1.19 bits per heavy atom. The molecule has 7 heteroatoms. The van der Waals surface area contributed by atoms with Crippen molar-refractivity contribution < 1.29 is 13.9 Å². The summed E-state index contributed by atoms with van der Waals surface area (Å²) >= 11 is 0. The summed E-state index contributed by atoms with van der Waals surface area (Å²) in [7, 11) is 0. The zero-order valence-corrected chi connectivity index (χ0v) is 15.1. The predicted molar refractivity (Wildman–Crippen MR) is 97.4 cm³/mol. The fourth-order valence-electron chi connectivity index (χ4n) is 2.74. The molecular weight excluding hydrogens is 335 g/mol. The smallest absolute Gasteiger partial charge is 0.409 e. The highest BCUT2D eigenvalue weighted by Crippen LogP contribution is 2.21. The molecule has 0 radical (unpaired) electrons. The number of hydrogen-bond donors (Lipinski definition) is 0. The maximum atomic E-state index is 14.0. The van der Waals surface area contributed by atoms with Crippen molar-refractivity contribution in [3.05, 3.63) is 42.3 Å². The lowest BCUT2D eigenvalue weighted by atomic mass is 10.2. The molecule has 0 unspecified atom stereocenters. The van der Waals surface area contributed by atoms with Crippen molar-refractivity contribution in [2.24, 2.45) is 5.92 Å². The monoisotopic (exact) mass is 358 g/mol. The Morgan fingerprint density at radius 2 is 1.92 bits per heavy atom. The van der Waals surface area contributed by atoms with Crippen LogP contribution < -0.4 is 4.90 Å². The zero-order valence-electron chi connectivity index (χ0n) is 15.1. The van der Waals surface area contributed by atoms with E-state index < -0.39 is 0 Å². The van der Waals surface area contributed by atoms with Crippen LogP contribution in [0.2, 0.25) is 0 Å². The van der Waals surface area contributed by atoms with Gasteiger partial charge in [0.15, 0.2) is 5.82 Å². The van der Waals surface area contributed by atoms with Crippen LogP contribution in [0, 0.1) is 11.7 Å². The zero-order chi connectivity index (χ0) is 18.5. The molecule has 3 rings (SSSR count). The van der Waals surface area contributed by atoms with Gasteiger partial charge in [-0.1, -0.05) is 26.0 Å². The van der Waals surface area contributed by atoms with Crippen LogP contribution >= 0.6 is 0 Å². The molecule has 0 saturated carbocycles. The first-order valence-electron chi connectivity index (χ1n) is 8.79. The van der Waals surface area contributed by atoms with Crippen molar-refractivity contribution in [2.75, 3.05) is 37.7 Å². The lowest BCUT2D eigenvalue weighted by Gasteiger charge is -2.34. The molecule has 1 aromatic heterocycles. The Morgan fingerprint density at radius 3 is 2.62 bits per heavy atom. The number of carbonyl (C=O) groups is 1. The first-order valence-corrected chi connectivity index (χ1v) is 8.79. The van der Waals surface area contributed by atoms with Crippen molar-refractivity contribution in [2.45, 2.75) is 13.8 Å². The average Bonchev–Trinajstić information content (AvgIpc) is 2.66. The van der Waals surface area contributed by atoms with Crippen molar-refractivity contribution in [3.63, 3.8) is 0 Å². The maximum absolute atomic E-state index is 14.0. The van der Waals surface area contributed by atoms with Gasteiger partial charge in [-0.15, -0.1) is 0 Å². The summed E-state index contributed by atoms with van der Waals surface area (Å²) in [5.41, 5.74) is 0.380. The summed E-state index contributed by atoms with van der Waals surface area (Å²) < 4.78 is 19.2. The van der Waals surface area contributed by atoms with Crippen molar-refractivity contribution >= 4 is 11.9 Å². The van der Waals surface area contributed by atoms with E-state index in [2.05, 4.69) is 14.9 Å². The van der Waals surface area contributed by atoms with Gasteiger partial charge in [-0.2, -0.15) is 0 Å². The van der Waals surface area contributed by atoms with Crippen LogP contribution in [0.15, 0.2) is 36.5 Å². The number of rotatable bonds is 4. The standard InChI is InChI=1S/C19H23FN4O2/c1-14(2)13-26-19(25)24-11-9-23(10-12-24)17-7-8-21-18(22-17)15-5-3-4-6-16(15)20/h3-8,14H,9-13H2,1-2H3. The number of ether oxygens (including phenoxy) is 1. The second kappa shape index (κ2) is 8.12. The topological polar surface area (TPSA) is 58.6 Å². The fraction of sp³-hybridized carbons (Fsp3) is 0.421. The summed E-state index contributed by atoms with van der Waals surface area (Å²) in [4.78, 5) is 24.5. The summed E-state index contributed by atoms with van der Waals surface area (Å²) in [6.07, 6.45) is 1.36. The maximum Gasteiger partial charge on any atom is 0.409 e. The minimum atomic E-state index is -0.345. The average molecular weight is 358 g/mol. The lowest BCUT2D eigenvalue weighted by molar-refractivity contribution is 0.0901. The second-order valence-corrected chi connectivity index (χ2v) is 6.66. The van der Waals surface area contributed by atoms with Gasteiger partial charge >= 0.3 is 6.09 Å².